The molecular weight excluding hydrogens is 174 g/mol. The van der Waals surface area contributed by atoms with Crippen LogP contribution in [0.5, 0.6) is 0 Å². The average molecular weight is 191 g/mol. The summed E-state index contributed by atoms with van der Waals surface area (Å²) in [6, 6.07) is 4.10. The SMILES string of the molecule is CN1CCC(N)(Cc2ccncc2)C1. The lowest BCUT2D eigenvalue weighted by atomic mass is 9.92. The molecule has 1 aliphatic heterocycles. The quantitative estimate of drug-likeness (QED) is 0.746. The molecule has 0 aliphatic carbocycles. The zero-order valence-corrected chi connectivity index (χ0v) is 8.61. The third-order valence-corrected chi connectivity index (χ3v) is 2.88. The summed E-state index contributed by atoms with van der Waals surface area (Å²) in [5.41, 5.74) is 7.58. The standard InChI is InChI=1S/C11H17N3/c1-14-7-4-11(12,9-14)8-10-2-5-13-6-3-10/h2-3,5-6H,4,7-9,12H2,1H3. The van der Waals surface area contributed by atoms with Gasteiger partial charge in [0, 0.05) is 24.5 Å². The van der Waals surface area contributed by atoms with Crippen LogP contribution in [0.1, 0.15) is 12.0 Å². The van der Waals surface area contributed by atoms with E-state index >= 15 is 0 Å². The number of rotatable bonds is 2. The van der Waals surface area contributed by atoms with Crippen molar-refractivity contribution in [2.24, 2.45) is 5.73 Å². The molecule has 0 radical (unpaired) electrons. The number of aromatic nitrogens is 1. The minimum atomic E-state index is -0.0316. The van der Waals surface area contributed by atoms with Gasteiger partial charge in [0.2, 0.25) is 0 Å². The number of likely N-dealkylation sites (tertiary alicyclic amines) is 1. The maximum atomic E-state index is 6.32. The first kappa shape index (κ1) is 9.62. The van der Waals surface area contributed by atoms with E-state index in [1.54, 1.807) is 0 Å². The molecule has 1 aromatic heterocycles. The smallest absolute Gasteiger partial charge is 0.0336 e. The summed E-state index contributed by atoms with van der Waals surface area (Å²) >= 11 is 0. The Morgan fingerprint density at radius 3 is 2.79 bits per heavy atom. The van der Waals surface area contributed by atoms with E-state index < -0.39 is 0 Å². The highest BCUT2D eigenvalue weighted by Crippen LogP contribution is 2.21. The number of pyridine rings is 1. The Morgan fingerprint density at radius 2 is 2.21 bits per heavy atom. The normalized spacial score (nSPS) is 28.1. The first-order chi connectivity index (χ1) is 6.68. The monoisotopic (exact) mass is 191 g/mol. The summed E-state index contributed by atoms with van der Waals surface area (Å²) < 4.78 is 0. The molecule has 14 heavy (non-hydrogen) atoms. The van der Waals surface area contributed by atoms with E-state index in [0.717, 1.165) is 25.9 Å². The number of nitrogens with zero attached hydrogens (tertiary/aromatic N) is 2. The largest absolute Gasteiger partial charge is 0.324 e. The molecule has 3 nitrogen and oxygen atoms in total. The molecule has 0 bridgehead atoms. The lowest BCUT2D eigenvalue weighted by Crippen LogP contribution is -2.44. The third-order valence-electron chi connectivity index (χ3n) is 2.88. The molecule has 1 saturated heterocycles. The second-order valence-corrected chi connectivity index (χ2v) is 4.38. The summed E-state index contributed by atoms with van der Waals surface area (Å²) in [7, 11) is 2.13. The predicted octanol–water partition coefficient (Wildman–Crippen LogP) is 0.657. The molecule has 1 fully saturated rings. The minimum absolute atomic E-state index is 0.0316. The van der Waals surface area contributed by atoms with Gasteiger partial charge >= 0.3 is 0 Å². The predicted molar refractivity (Wildman–Crippen MR) is 57.0 cm³/mol. The Kier molecular flexibility index (Phi) is 2.52. The number of nitrogens with two attached hydrogens (primary N) is 1. The molecule has 0 aromatic carbocycles. The first-order valence-electron chi connectivity index (χ1n) is 5.04. The Morgan fingerprint density at radius 1 is 1.50 bits per heavy atom. The fraction of sp³-hybridized carbons (Fsp3) is 0.545. The van der Waals surface area contributed by atoms with Crippen molar-refractivity contribution in [1.82, 2.24) is 9.88 Å². The molecule has 0 amide bonds. The van der Waals surface area contributed by atoms with Crippen molar-refractivity contribution in [2.45, 2.75) is 18.4 Å². The van der Waals surface area contributed by atoms with Gasteiger partial charge in [-0.3, -0.25) is 4.98 Å². The molecule has 1 aromatic rings. The Labute approximate surface area is 84.9 Å². The van der Waals surface area contributed by atoms with Crippen LogP contribution in [-0.4, -0.2) is 35.6 Å². The lowest BCUT2D eigenvalue weighted by Gasteiger charge is -2.23. The van der Waals surface area contributed by atoms with Crippen molar-refractivity contribution < 1.29 is 0 Å². The van der Waals surface area contributed by atoms with Gasteiger partial charge in [-0.1, -0.05) is 0 Å². The lowest BCUT2D eigenvalue weighted by molar-refractivity contribution is 0.366. The molecule has 1 unspecified atom stereocenters. The molecule has 3 heteroatoms. The molecular formula is C11H17N3. The molecule has 0 saturated carbocycles. The Bertz CT molecular complexity index is 299. The fourth-order valence-corrected chi connectivity index (χ4v) is 2.16. The maximum Gasteiger partial charge on any atom is 0.0336 e. The highest BCUT2D eigenvalue weighted by Gasteiger charge is 2.32. The molecule has 0 spiro atoms. The van der Waals surface area contributed by atoms with Crippen LogP contribution in [0.3, 0.4) is 0 Å². The molecule has 1 atom stereocenters. The average Bonchev–Trinajstić information content (AvgIpc) is 2.47. The Hall–Kier alpha value is -0.930. The van der Waals surface area contributed by atoms with Gasteiger partial charge in [-0.25, -0.2) is 0 Å². The first-order valence-corrected chi connectivity index (χ1v) is 5.04. The third kappa shape index (κ3) is 2.11. The van der Waals surface area contributed by atoms with Crippen LogP contribution in [-0.2, 0) is 6.42 Å². The van der Waals surface area contributed by atoms with Gasteiger partial charge in [-0.2, -0.15) is 0 Å². The molecule has 1 aliphatic rings. The molecule has 2 rings (SSSR count). The van der Waals surface area contributed by atoms with Gasteiger partial charge in [-0.15, -0.1) is 0 Å². The van der Waals surface area contributed by atoms with E-state index in [9.17, 15) is 0 Å². The van der Waals surface area contributed by atoms with Crippen LogP contribution in [0.2, 0.25) is 0 Å². The highest BCUT2D eigenvalue weighted by molar-refractivity contribution is 5.15. The van der Waals surface area contributed by atoms with E-state index in [4.69, 9.17) is 5.73 Å². The van der Waals surface area contributed by atoms with Crippen molar-refractivity contribution >= 4 is 0 Å². The van der Waals surface area contributed by atoms with Crippen LogP contribution >= 0.6 is 0 Å². The second kappa shape index (κ2) is 3.67. The maximum absolute atomic E-state index is 6.32. The van der Waals surface area contributed by atoms with Crippen molar-refractivity contribution in [3.63, 3.8) is 0 Å². The van der Waals surface area contributed by atoms with Gasteiger partial charge in [0.05, 0.1) is 0 Å². The zero-order chi connectivity index (χ0) is 10.0. The summed E-state index contributed by atoms with van der Waals surface area (Å²) in [6.45, 7) is 2.11. The summed E-state index contributed by atoms with van der Waals surface area (Å²) in [5, 5.41) is 0. The summed E-state index contributed by atoms with van der Waals surface area (Å²) in [4.78, 5) is 6.30. The van der Waals surface area contributed by atoms with Gasteiger partial charge < -0.3 is 10.6 Å². The van der Waals surface area contributed by atoms with Crippen molar-refractivity contribution in [3.8, 4) is 0 Å². The van der Waals surface area contributed by atoms with E-state index in [1.807, 2.05) is 24.5 Å². The van der Waals surface area contributed by atoms with Crippen LogP contribution in [0.25, 0.3) is 0 Å². The van der Waals surface area contributed by atoms with E-state index in [0.29, 0.717) is 0 Å². The summed E-state index contributed by atoms with van der Waals surface area (Å²) in [5.74, 6) is 0. The number of likely N-dealkylation sites (N-methyl/N-ethyl adjacent to an activating group) is 1. The van der Waals surface area contributed by atoms with Crippen LogP contribution < -0.4 is 5.73 Å². The number of hydrogen-bond donors (Lipinski definition) is 1. The molecule has 2 heterocycles. The van der Waals surface area contributed by atoms with Crippen LogP contribution in [0.4, 0.5) is 0 Å². The topological polar surface area (TPSA) is 42.1 Å². The fourth-order valence-electron chi connectivity index (χ4n) is 2.16. The Balaban J connectivity index is 2.04. The van der Waals surface area contributed by atoms with Crippen molar-refractivity contribution in [2.75, 3.05) is 20.1 Å². The van der Waals surface area contributed by atoms with E-state index in [-0.39, 0.29) is 5.54 Å². The minimum Gasteiger partial charge on any atom is -0.324 e. The second-order valence-electron chi connectivity index (χ2n) is 4.38. The van der Waals surface area contributed by atoms with Crippen LogP contribution in [0.15, 0.2) is 24.5 Å². The van der Waals surface area contributed by atoms with Gasteiger partial charge in [0.25, 0.3) is 0 Å². The van der Waals surface area contributed by atoms with E-state index in [2.05, 4.69) is 16.9 Å². The zero-order valence-electron chi connectivity index (χ0n) is 8.61. The van der Waals surface area contributed by atoms with Crippen molar-refractivity contribution in [3.05, 3.63) is 30.1 Å². The van der Waals surface area contributed by atoms with Gasteiger partial charge in [-0.05, 0) is 44.1 Å². The molecule has 2 N–H and O–H groups in total. The van der Waals surface area contributed by atoms with Crippen LogP contribution in [0, 0.1) is 0 Å². The highest BCUT2D eigenvalue weighted by atomic mass is 15.2. The van der Waals surface area contributed by atoms with Gasteiger partial charge in [0.15, 0.2) is 0 Å². The summed E-state index contributed by atoms with van der Waals surface area (Å²) in [6.07, 6.45) is 5.71. The van der Waals surface area contributed by atoms with Crippen molar-refractivity contribution in [1.29, 1.82) is 0 Å². The van der Waals surface area contributed by atoms with E-state index in [1.165, 1.54) is 5.56 Å². The van der Waals surface area contributed by atoms with Gasteiger partial charge in [0.1, 0.15) is 0 Å². The number of hydrogen-bond acceptors (Lipinski definition) is 3. The molecule has 76 valence electrons.